The maximum Gasteiger partial charge on any atom is 0.331 e. The van der Waals surface area contributed by atoms with Gasteiger partial charge in [-0.3, -0.25) is 14.8 Å². The summed E-state index contributed by atoms with van der Waals surface area (Å²) in [5.41, 5.74) is 0.0306. The topological polar surface area (TPSA) is 86.1 Å². The number of amides is 1. The van der Waals surface area contributed by atoms with Gasteiger partial charge in [0, 0.05) is 32.4 Å². The zero-order valence-corrected chi connectivity index (χ0v) is 16.1. The molecule has 4 rings (SSSR count). The molecule has 30 heavy (non-hydrogen) atoms. The largest absolute Gasteiger partial charge is 0.479 e. The lowest BCUT2D eigenvalue weighted by atomic mass is 10.1. The number of hydrogen-bond donors (Lipinski definition) is 1. The normalized spacial score (nSPS) is 17.9. The molecule has 156 valence electrons. The minimum Gasteiger partial charge on any atom is -0.479 e. The van der Waals surface area contributed by atoms with E-state index in [1.807, 2.05) is 11.0 Å². The van der Waals surface area contributed by atoms with Crippen LogP contribution in [-0.4, -0.2) is 64.8 Å². The number of nitrogens with zero attached hydrogens (tertiary/aromatic N) is 4. The number of aromatic nitrogens is 1. The standard InChI is InChI=1S/C21H20F2N4O3/c22-14-3-4-16(23)15(12-14)19(28)27-10-8-26(9-11-27)18-2-1-7-24-17(18)13-25-21(5-6-21)20(29)30/h1-4,7,12-13H,5-6,8-11H2,(H,29,30). The van der Waals surface area contributed by atoms with Crippen molar-refractivity contribution < 1.29 is 23.5 Å². The van der Waals surface area contributed by atoms with Crippen LogP contribution in [0.4, 0.5) is 14.5 Å². The van der Waals surface area contributed by atoms with E-state index in [1.54, 1.807) is 12.3 Å². The molecular formula is C21H20F2N4O3. The molecule has 9 heteroatoms. The minimum atomic E-state index is -1.03. The van der Waals surface area contributed by atoms with E-state index >= 15 is 0 Å². The second-order valence-corrected chi connectivity index (χ2v) is 7.41. The number of pyridine rings is 1. The van der Waals surface area contributed by atoms with Crippen molar-refractivity contribution in [3.8, 4) is 0 Å². The highest BCUT2D eigenvalue weighted by molar-refractivity contribution is 5.95. The SMILES string of the molecule is O=C(c1cc(F)ccc1F)N1CCN(c2cccnc2C=NC2(C(=O)O)CC2)CC1. The van der Waals surface area contributed by atoms with Crippen LogP contribution in [-0.2, 0) is 4.79 Å². The maximum atomic E-state index is 13.9. The lowest BCUT2D eigenvalue weighted by molar-refractivity contribution is -0.139. The van der Waals surface area contributed by atoms with Crippen molar-refractivity contribution >= 4 is 23.8 Å². The average molecular weight is 414 g/mol. The number of aliphatic imine (C=N–C) groups is 1. The quantitative estimate of drug-likeness (QED) is 0.760. The van der Waals surface area contributed by atoms with E-state index in [4.69, 9.17) is 0 Å². The van der Waals surface area contributed by atoms with E-state index in [1.165, 1.54) is 11.1 Å². The van der Waals surface area contributed by atoms with Crippen LogP contribution >= 0.6 is 0 Å². The molecule has 1 aromatic heterocycles. The molecule has 1 aromatic carbocycles. The van der Waals surface area contributed by atoms with Gasteiger partial charge in [-0.05, 0) is 43.2 Å². The molecule has 1 saturated heterocycles. The molecule has 0 spiro atoms. The van der Waals surface area contributed by atoms with Gasteiger partial charge in [-0.2, -0.15) is 0 Å². The van der Waals surface area contributed by atoms with Crippen molar-refractivity contribution in [1.82, 2.24) is 9.88 Å². The van der Waals surface area contributed by atoms with Crippen LogP contribution in [0.5, 0.6) is 0 Å². The first-order chi connectivity index (χ1) is 14.4. The molecule has 2 aliphatic rings. The van der Waals surface area contributed by atoms with Crippen molar-refractivity contribution in [3.63, 3.8) is 0 Å². The summed E-state index contributed by atoms with van der Waals surface area (Å²) in [6.45, 7) is 1.61. The number of benzene rings is 1. The van der Waals surface area contributed by atoms with Crippen LogP contribution in [0, 0.1) is 11.6 Å². The predicted molar refractivity (Wildman–Crippen MR) is 106 cm³/mol. The second-order valence-electron chi connectivity index (χ2n) is 7.41. The van der Waals surface area contributed by atoms with Gasteiger partial charge < -0.3 is 14.9 Å². The number of anilines is 1. The average Bonchev–Trinajstić information content (AvgIpc) is 3.55. The Morgan fingerprint density at radius 3 is 2.53 bits per heavy atom. The monoisotopic (exact) mass is 414 g/mol. The zero-order chi connectivity index (χ0) is 21.3. The molecule has 0 bridgehead atoms. The summed E-state index contributed by atoms with van der Waals surface area (Å²) in [4.78, 5) is 36.0. The van der Waals surface area contributed by atoms with Gasteiger partial charge in [-0.15, -0.1) is 0 Å². The van der Waals surface area contributed by atoms with E-state index in [0.29, 0.717) is 44.7 Å². The highest BCUT2D eigenvalue weighted by atomic mass is 19.1. The number of carboxylic acids is 1. The molecule has 1 aliphatic heterocycles. The van der Waals surface area contributed by atoms with Gasteiger partial charge in [0.2, 0.25) is 0 Å². The second kappa shape index (κ2) is 7.81. The molecule has 1 saturated carbocycles. The van der Waals surface area contributed by atoms with Crippen LogP contribution < -0.4 is 4.90 Å². The minimum absolute atomic E-state index is 0.277. The lowest BCUT2D eigenvalue weighted by Gasteiger charge is -2.36. The third-order valence-electron chi connectivity index (χ3n) is 5.44. The van der Waals surface area contributed by atoms with E-state index in [9.17, 15) is 23.5 Å². The van der Waals surface area contributed by atoms with Gasteiger partial charge in [-0.1, -0.05) is 0 Å². The van der Waals surface area contributed by atoms with Crippen LogP contribution in [0.2, 0.25) is 0 Å². The van der Waals surface area contributed by atoms with Gasteiger partial charge in [0.1, 0.15) is 17.3 Å². The Labute approximate surface area is 171 Å². The van der Waals surface area contributed by atoms with Crippen molar-refractivity contribution in [2.45, 2.75) is 18.4 Å². The Morgan fingerprint density at radius 1 is 1.13 bits per heavy atom. The van der Waals surface area contributed by atoms with Crippen LogP contribution in [0.25, 0.3) is 0 Å². The Kier molecular flexibility index (Phi) is 5.19. The van der Waals surface area contributed by atoms with Gasteiger partial charge in [0.05, 0.1) is 17.5 Å². The number of carbonyl (C=O) groups is 2. The van der Waals surface area contributed by atoms with Gasteiger partial charge >= 0.3 is 5.97 Å². The van der Waals surface area contributed by atoms with Gasteiger partial charge in [-0.25, -0.2) is 13.6 Å². The Morgan fingerprint density at radius 2 is 1.87 bits per heavy atom. The van der Waals surface area contributed by atoms with E-state index < -0.39 is 29.0 Å². The molecule has 2 heterocycles. The fourth-order valence-electron chi connectivity index (χ4n) is 3.46. The van der Waals surface area contributed by atoms with E-state index in [-0.39, 0.29) is 5.56 Å². The molecule has 2 aromatic rings. The van der Waals surface area contributed by atoms with Gasteiger partial charge in [0.15, 0.2) is 5.54 Å². The highest BCUT2D eigenvalue weighted by Gasteiger charge is 2.50. The first-order valence-electron chi connectivity index (χ1n) is 9.62. The fraction of sp³-hybridized carbons (Fsp3) is 0.333. The summed E-state index contributed by atoms with van der Waals surface area (Å²) in [7, 11) is 0. The molecule has 1 aliphatic carbocycles. The number of aliphatic carboxylic acids is 1. The van der Waals surface area contributed by atoms with Crippen molar-refractivity contribution in [3.05, 3.63) is 59.4 Å². The van der Waals surface area contributed by atoms with Gasteiger partial charge in [0.25, 0.3) is 5.91 Å². The Bertz CT molecular complexity index is 1020. The lowest BCUT2D eigenvalue weighted by Crippen LogP contribution is -2.49. The number of piperazine rings is 1. The number of halogens is 2. The fourth-order valence-corrected chi connectivity index (χ4v) is 3.46. The van der Waals surface area contributed by atoms with Crippen LogP contribution in [0.15, 0.2) is 41.5 Å². The number of rotatable bonds is 5. The summed E-state index contributed by atoms with van der Waals surface area (Å²) in [6, 6.07) is 6.47. The Balaban J connectivity index is 1.46. The number of carboxylic acid groups (broad SMARTS) is 1. The zero-order valence-electron chi connectivity index (χ0n) is 16.1. The molecule has 0 radical (unpaired) electrons. The molecular weight excluding hydrogens is 394 g/mol. The summed E-state index contributed by atoms with van der Waals surface area (Å²) in [5, 5.41) is 9.28. The molecule has 1 N–H and O–H groups in total. The molecule has 7 nitrogen and oxygen atoms in total. The third-order valence-corrected chi connectivity index (χ3v) is 5.44. The molecule has 1 amide bonds. The predicted octanol–water partition coefficient (Wildman–Crippen LogP) is 2.36. The Hall–Kier alpha value is -3.36. The highest BCUT2D eigenvalue weighted by Crippen LogP contribution is 2.40. The smallest absolute Gasteiger partial charge is 0.331 e. The van der Waals surface area contributed by atoms with Crippen molar-refractivity contribution in [2.24, 2.45) is 4.99 Å². The third kappa shape index (κ3) is 3.87. The maximum absolute atomic E-state index is 13.9. The summed E-state index contributed by atoms with van der Waals surface area (Å²) in [6.07, 6.45) is 4.13. The number of hydrogen-bond acceptors (Lipinski definition) is 5. The van der Waals surface area contributed by atoms with Crippen LogP contribution in [0.3, 0.4) is 0 Å². The van der Waals surface area contributed by atoms with Crippen molar-refractivity contribution in [1.29, 1.82) is 0 Å². The summed E-state index contributed by atoms with van der Waals surface area (Å²) < 4.78 is 27.3. The summed E-state index contributed by atoms with van der Waals surface area (Å²) in [5.74, 6) is -2.89. The molecule has 2 fully saturated rings. The first-order valence-corrected chi connectivity index (χ1v) is 9.62. The first kappa shape index (κ1) is 19.9. The van der Waals surface area contributed by atoms with E-state index in [2.05, 4.69) is 9.98 Å². The molecule has 0 unspecified atom stereocenters. The van der Waals surface area contributed by atoms with E-state index in [0.717, 1.165) is 23.9 Å². The summed E-state index contributed by atoms with van der Waals surface area (Å²) >= 11 is 0. The number of carbonyl (C=O) groups excluding carboxylic acids is 1. The molecule has 0 atom stereocenters. The van der Waals surface area contributed by atoms with Crippen LogP contribution in [0.1, 0.15) is 28.9 Å². The van der Waals surface area contributed by atoms with Crippen molar-refractivity contribution in [2.75, 3.05) is 31.1 Å².